The van der Waals surface area contributed by atoms with Gasteiger partial charge in [0.05, 0.1) is 11.4 Å². The normalized spacial score (nSPS) is 11.5. The van der Waals surface area contributed by atoms with E-state index in [2.05, 4.69) is 202 Å². The molecule has 0 saturated carbocycles. The summed E-state index contributed by atoms with van der Waals surface area (Å²) >= 11 is 0. The smallest absolute Gasteiger partial charge is 0.0546 e. The molecule has 250 valence electrons. The number of nitrogens with zero attached hydrogens (tertiary/aromatic N) is 2. The van der Waals surface area contributed by atoms with E-state index in [0.29, 0.717) is 5.92 Å². The molecule has 0 aliphatic heterocycles. The highest BCUT2D eigenvalue weighted by Gasteiger charge is 2.22. The van der Waals surface area contributed by atoms with E-state index in [-0.39, 0.29) is 0 Å². The van der Waals surface area contributed by atoms with E-state index in [1.54, 1.807) is 0 Å². The fourth-order valence-electron chi connectivity index (χ4n) is 7.41. The summed E-state index contributed by atoms with van der Waals surface area (Å²) in [7, 11) is 0. The van der Waals surface area contributed by atoms with Gasteiger partial charge in [-0.2, -0.15) is 0 Å². The van der Waals surface area contributed by atoms with E-state index in [9.17, 15) is 0 Å². The van der Waals surface area contributed by atoms with Crippen molar-refractivity contribution in [2.45, 2.75) is 47.0 Å². The van der Waals surface area contributed by atoms with Crippen molar-refractivity contribution < 1.29 is 0 Å². The van der Waals surface area contributed by atoms with Gasteiger partial charge < -0.3 is 9.80 Å². The average Bonchev–Trinajstić information content (AvgIpc) is 3.17. The van der Waals surface area contributed by atoms with Gasteiger partial charge in [-0.15, -0.1) is 0 Å². The zero-order valence-corrected chi connectivity index (χ0v) is 30.2. The second kappa shape index (κ2) is 13.5. The quantitative estimate of drug-likeness (QED) is 0.150. The highest BCUT2D eigenvalue weighted by Crippen LogP contribution is 2.47. The molecule has 0 aliphatic rings. The third-order valence-electron chi connectivity index (χ3n) is 10.3. The molecule has 0 heterocycles. The van der Waals surface area contributed by atoms with Crippen molar-refractivity contribution in [2.24, 2.45) is 0 Å². The molecule has 0 aliphatic carbocycles. The van der Waals surface area contributed by atoms with Crippen LogP contribution < -0.4 is 9.80 Å². The standard InChI is InChI=1S/C49H44N2/c1-6-36-19-27-40(28-20-36)50(38-23-15-34(4)16-24-38)48-31-46-43-12-8-10-14-45(43)49(32-47(46)42-11-7-9-13-44(42)48)51(39-25-17-35(5)18-26-39)41-29-21-37(22-30-41)33(2)3/h7-33H,6H2,1-5H3. The molecule has 0 radical (unpaired) electrons. The maximum Gasteiger partial charge on any atom is 0.0546 e. The minimum atomic E-state index is 0.470. The number of rotatable bonds is 8. The Morgan fingerprint density at radius 3 is 1.14 bits per heavy atom. The van der Waals surface area contributed by atoms with E-state index in [0.717, 1.165) is 29.2 Å². The fourth-order valence-corrected chi connectivity index (χ4v) is 7.41. The Morgan fingerprint density at radius 2 is 0.765 bits per heavy atom. The molecule has 0 saturated heterocycles. The van der Waals surface area contributed by atoms with Gasteiger partial charge in [0, 0.05) is 33.5 Å². The highest BCUT2D eigenvalue weighted by molar-refractivity contribution is 6.24. The van der Waals surface area contributed by atoms with E-state index >= 15 is 0 Å². The van der Waals surface area contributed by atoms with Crippen LogP contribution in [0.25, 0.3) is 32.3 Å². The summed E-state index contributed by atoms with van der Waals surface area (Å²) < 4.78 is 0. The van der Waals surface area contributed by atoms with Crippen molar-refractivity contribution in [3.8, 4) is 0 Å². The molecule has 0 aromatic heterocycles. The lowest BCUT2D eigenvalue weighted by molar-refractivity contribution is 0.866. The number of hydrogen-bond donors (Lipinski definition) is 0. The largest absolute Gasteiger partial charge is 0.310 e. The van der Waals surface area contributed by atoms with Crippen LogP contribution in [0.2, 0.25) is 0 Å². The molecule has 0 spiro atoms. The molecule has 8 aromatic carbocycles. The van der Waals surface area contributed by atoms with E-state index in [1.807, 2.05) is 0 Å². The molecule has 51 heavy (non-hydrogen) atoms. The summed E-state index contributed by atoms with van der Waals surface area (Å²) in [6, 6.07) is 58.7. The van der Waals surface area contributed by atoms with Crippen LogP contribution in [0, 0.1) is 13.8 Å². The van der Waals surface area contributed by atoms with Crippen molar-refractivity contribution >= 4 is 66.4 Å². The zero-order chi connectivity index (χ0) is 35.1. The highest BCUT2D eigenvalue weighted by atomic mass is 15.1. The molecule has 0 unspecified atom stereocenters. The first kappa shape index (κ1) is 32.4. The van der Waals surface area contributed by atoms with Gasteiger partial charge in [0.1, 0.15) is 0 Å². The Labute approximate surface area is 302 Å². The Morgan fingerprint density at radius 1 is 0.412 bits per heavy atom. The predicted molar refractivity (Wildman–Crippen MR) is 221 cm³/mol. The second-order valence-electron chi connectivity index (χ2n) is 14.1. The van der Waals surface area contributed by atoms with Gasteiger partial charge in [0.15, 0.2) is 0 Å². The molecule has 8 rings (SSSR count). The Hall–Kier alpha value is -5.86. The third-order valence-corrected chi connectivity index (χ3v) is 10.3. The summed E-state index contributed by atoms with van der Waals surface area (Å²) in [5.41, 5.74) is 12.1. The number of anilines is 6. The summed E-state index contributed by atoms with van der Waals surface area (Å²) in [4.78, 5) is 4.86. The summed E-state index contributed by atoms with van der Waals surface area (Å²) in [5, 5.41) is 7.38. The maximum absolute atomic E-state index is 2.43. The molecule has 0 bridgehead atoms. The number of benzene rings is 8. The van der Waals surface area contributed by atoms with Crippen molar-refractivity contribution in [1.82, 2.24) is 0 Å². The first-order valence-electron chi connectivity index (χ1n) is 18.2. The number of fused-ring (bicyclic) bond motifs is 5. The van der Waals surface area contributed by atoms with Crippen molar-refractivity contribution in [2.75, 3.05) is 9.80 Å². The SMILES string of the molecule is CCc1ccc(N(c2ccc(C)cc2)c2cc3c4ccccc4c(N(c4ccc(C)cc4)c4ccc(C(C)C)cc4)cc3c3ccccc23)cc1. The van der Waals surface area contributed by atoms with Crippen molar-refractivity contribution in [3.63, 3.8) is 0 Å². The van der Waals surface area contributed by atoms with E-state index in [4.69, 9.17) is 0 Å². The molecule has 2 heteroatoms. The molecule has 0 amide bonds. The van der Waals surface area contributed by atoms with Crippen molar-refractivity contribution in [3.05, 3.63) is 180 Å². The first-order chi connectivity index (χ1) is 24.9. The van der Waals surface area contributed by atoms with Crippen molar-refractivity contribution in [1.29, 1.82) is 0 Å². The molecule has 8 aromatic rings. The molecular weight excluding hydrogens is 617 g/mol. The van der Waals surface area contributed by atoms with Gasteiger partial charge >= 0.3 is 0 Å². The topological polar surface area (TPSA) is 6.48 Å². The minimum Gasteiger partial charge on any atom is -0.310 e. The van der Waals surface area contributed by atoms with E-state index in [1.165, 1.54) is 65.9 Å². The Kier molecular flexibility index (Phi) is 8.53. The van der Waals surface area contributed by atoms with Crippen LogP contribution in [0.3, 0.4) is 0 Å². The number of hydrogen-bond acceptors (Lipinski definition) is 2. The van der Waals surface area contributed by atoms with Gasteiger partial charge in [-0.25, -0.2) is 0 Å². The van der Waals surface area contributed by atoms with Crippen LogP contribution in [0.1, 0.15) is 48.9 Å². The first-order valence-corrected chi connectivity index (χ1v) is 18.2. The lowest BCUT2D eigenvalue weighted by atomic mass is 9.93. The van der Waals surface area contributed by atoms with Crippen LogP contribution in [0.5, 0.6) is 0 Å². The fraction of sp³-hybridized carbons (Fsp3) is 0.143. The van der Waals surface area contributed by atoms with Crippen LogP contribution in [0.15, 0.2) is 158 Å². The van der Waals surface area contributed by atoms with Gasteiger partial charge in [-0.1, -0.05) is 129 Å². The van der Waals surface area contributed by atoms with Gasteiger partial charge in [0.25, 0.3) is 0 Å². The third kappa shape index (κ3) is 6.02. The van der Waals surface area contributed by atoms with Gasteiger partial charge in [0.2, 0.25) is 0 Å². The molecule has 2 nitrogen and oxygen atoms in total. The van der Waals surface area contributed by atoms with Crippen LogP contribution in [0.4, 0.5) is 34.1 Å². The second-order valence-corrected chi connectivity index (χ2v) is 14.1. The molecular formula is C49H44N2. The van der Waals surface area contributed by atoms with Gasteiger partial charge in [-0.3, -0.25) is 0 Å². The van der Waals surface area contributed by atoms with Gasteiger partial charge in [-0.05, 0) is 120 Å². The molecule has 0 N–H and O–H groups in total. The zero-order valence-electron chi connectivity index (χ0n) is 30.2. The van der Waals surface area contributed by atoms with E-state index < -0.39 is 0 Å². The minimum absolute atomic E-state index is 0.470. The summed E-state index contributed by atoms with van der Waals surface area (Å²) in [6.45, 7) is 11.0. The lowest BCUT2D eigenvalue weighted by Crippen LogP contribution is -2.12. The average molecular weight is 661 g/mol. The molecule has 0 atom stereocenters. The summed E-state index contributed by atoms with van der Waals surface area (Å²) in [5.74, 6) is 0.470. The maximum atomic E-state index is 2.43. The predicted octanol–water partition coefficient (Wildman–Crippen LogP) is 14.4. The monoisotopic (exact) mass is 660 g/mol. The summed E-state index contributed by atoms with van der Waals surface area (Å²) in [6.07, 6.45) is 1.01. The Bertz CT molecular complexity index is 2470. The number of aryl methyl sites for hydroxylation is 3. The Balaban J connectivity index is 1.43. The van der Waals surface area contributed by atoms with Crippen LogP contribution >= 0.6 is 0 Å². The van der Waals surface area contributed by atoms with Crippen LogP contribution in [-0.2, 0) is 6.42 Å². The lowest BCUT2D eigenvalue weighted by Gasteiger charge is -2.30. The van der Waals surface area contributed by atoms with Crippen LogP contribution in [-0.4, -0.2) is 0 Å². The molecule has 0 fully saturated rings.